The summed E-state index contributed by atoms with van der Waals surface area (Å²) in [4.78, 5) is 12.1. The number of carbonyl (C=O) groups is 1. The highest BCUT2D eigenvalue weighted by atomic mass is 16.8. The number of carbonyl (C=O) groups excluding carboxylic acids is 1. The van der Waals surface area contributed by atoms with Crippen molar-refractivity contribution in [3.8, 4) is 0 Å². The summed E-state index contributed by atoms with van der Waals surface area (Å²) in [6.07, 6.45) is -10.9. The molecule has 0 unspecified atom stereocenters. The Labute approximate surface area is 245 Å². The van der Waals surface area contributed by atoms with E-state index in [0.29, 0.717) is 0 Å². The van der Waals surface area contributed by atoms with E-state index in [2.05, 4.69) is 0 Å². The molecule has 3 aliphatic rings. The molecule has 0 amide bonds. The quantitative estimate of drug-likeness (QED) is 0.331. The average molecular weight is 589 g/mol. The first-order valence-electron chi connectivity index (χ1n) is 14.2. The molecule has 9 atom stereocenters. The zero-order valence-electron chi connectivity index (χ0n) is 24.2. The van der Waals surface area contributed by atoms with E-state index >= 15 is 0 Å². The van der Waals surface area contributed by atoms with Crippen LogP contribution in [0.4, 0.5) is 0 Å². The topological polar surface area (TPSA) is 142 Å². The molecule has 0 aliphatic carbocycles. The third-order valence-corrected chi connectivity index (χ3v) is 7.61. The van der Waals surface area contributed by atoms with Crippen LogP contribution in [-0.4, -0.2) is 94.4 Å². The Kier molecular flexibility index (Phi) is 9.33. The highest BCUT2D eigenvalue weighted by molar-refractivity contribution is 5.77. The SMILES string of the molecule is CC1(C)O[C@@H]([C@@H](OCc2ccccc2)[C@H](OCc2ccccc2)[C@@H](O)[C@@H]2OC(=O)[C@H](O)[C@@H]2O)[C@@H]([C@H]2COC(C)(C)O2)O1. The van der Waals surface area contributed by atoms with Crippen molar-refractivity contribution >= 4 is 5.97 Å². The number of benzene rings is 2. The van der Waals surface area contributed by atoms with Crippen LogP contribution in [0.3, 0.4) is 0 Å². The summed E-state index contributed by atoms with van der Waals surface area (Å²) in [5.41, 5.74) is 1.67. The molecule has 230 valence electrons. The number of ether oxygens (including phenoxy) is 7. The van der Waals surface area contributed by atoms with Crippen molar-refractivity contribution in [1.82, 2.24) is 0 Å². The first kappa shape index (κ1) is 31.0. The minimum atomic E-state index is -1.80. The molecule has 2 aromatic carbocycles. The van der Waals surface area contributed by atoms with Gasteiger partial charge in [0.1, 0.15) is 42.7 Å². The second-order valence-electron chi connectivity index (χ2n) is 11.8. The standard InChI is InChI=1S/C31H40O11/c1-30(2)38-17-20(40-30)24-28(42-31(3,4)41-24)27(37-16-19-13-9-6-10-14-19)26(36-15-18-11-7-5-8-12-18)23(34)25-21(32)22(33)29(35)39-25/h5-14,20-28,32-34H,15-17H2,1-4H3/t20-,21+,22-,23+,24-,25-,26-,27+,28-/m1/s1. The molecule has 3 N–H and O–H groups in total. The third-order valence-electron chi connectivity index (χ3n) is 7.61. The van der Waals surface area contributed by atoms with Gasteiger partial charge in [-0.25, -0.2) is 4.79 Å². The first-order valence-corrected chi connectivity index (χ1v) is 14.2. The van der Waals surface area contributed by atoms with E-state index in [0.717, 1.165) is 11.1 Å². The van der Waals surface area contributed by atoms with Gasteiger partial charge in [0.25, 0.3) is 0 Å². The van der Waals surface area contributed by atoms with E-state index in [9.17, 15) is 20.1 Å². The lowest BCUT2D eigenvalue weighted by molar-refractivity contribution is -0.210. The van der Waals surface area contributed by atoms with Crippen LogP contribution in [-0.2, 0) is 51.2 Å². The molecule has 3 heterocycles. The van der Waals surface area contributed by atoms with Crippen molar-refractivity contribution in [3.05, 3.63) is 71.8 Å². The minimum Gasteiger partial charge on any atom is -0.455 e. The predicted octanol–water partition coefficient (Wildman–Crippen LogP) is 1.84. The summed E-state index contributed by atoms with van der Waals surface area (Å²) in [5, 5.41) is 32.4. The van der Waals surface area contributed by atoms with Crippen LogP contribution in [0.5, 0.6) is 0 Å². The van der Waals surface area contributed by atoms with Crippen molar-refractivity contribution in [3.63, 3.8) is 0 Å². The molecule has 11 nitrogen and oxygen atoms in total. The lowest BCUT2D eigenvalue weighted by Crippen LogP contribution is -2.57. The molecule has 11 heteroatoms. The van der Waals surface area contributed by atoms with E-state index in [-0.39, 0.29) is 19.8 Å². The monoisotopic (exact) mass is 588 g/mol. The maximum atomic E-state index is 12.1. The van der Waals surface area contributed by atoms with E-state index in [1.165, 1.54) is 0 Å². The molecule has 2 aromatic rings. The Morgan fingerprint density at radius 3 is 1.95 bits per heavy atom. The second kappa shape index (κ2) is 12.7. The Morgan fingerprint density at radius 2 is 1.43 bits per heavy atom. The Morgan fingerprint density at radius 1 is 0.833 bits per heavy atom. The smallest absolute Gasteiger partial charge is 0.338 e. The summed E-state index contributed by atoms with van der Waals surface area (Å²) in [7, 11) is 0. The van der Waals surface area contributed by atoms with Crippen molar-refractivity contribution in [1.29, 1.82) is 0 Å². The fourth-order valence-electron chi connectivity index (χ4n) is 5.59. The number of aliphatic hydroxyl groups excluding tert-OH is 3. The summed E-state index contributed by atoms with van der Waals surface area (Å²) in [6.45, 7) is 7.58. The molecule has 3 saturated heterocycles. The van der Waals surface area contributed by atoms with Crippen molar-refractivity contribution < 1.29 is 53.3 Å². The number of rotatable bonds is 11. The van der Waals surface area contributed by atoms with Gasteiger partial charge in [-0.15, -0.1) is 0 Å². The Balaban J connectivity index is 1.50. The van der Waals surface area contributed by atoms with Crippen molar-refractivity contribution in [2.45, 2.75) is 107 Å². The Hall–Kier alpha value is -2.45. The van der Waals surface area contributed by atoms with Gasteiger partial charge in [0.15, 0.2) is 23.8 Å². The van der Waals surface area contributed by atoms with Gasteiger partial charge in [-0.05, 0) is 38.8 Å². The summed E-state index contributed by atoms with van der Waals surface area (Å²) in [6, 6.07) is 18.8. The minimum absolute atomic E-state index is 0.0603. The maximum Gasteiger partial charge on any atom is 0.338 e. The average Bonchev–Trinajstić information content (AvgIpc) is 3.58. The fourth-order valence-corrected chi connectivity index (χ4v) is 5.59. The molecule has 42 heavy (non-hydrogen) atoms. The molecular formula is C31H40O11. The van der Waals surface area contributed by atoms with E-state index in [1.54, 1.807) is 13.8 Å². The van der Waals surface area contributed by atoms with Gasteiger partial charge in [0.05, 0.1) is 19.8 Å². The summed E-state index contributed by atoms with van der Waals surface area (Å²) in [5.74, 6) is -2.93. The largest absolute Gasteiger partial charge is 0.455 e. The van der Waals surface area contributed by atoms with Crippen LogP contribution in [0.25, 0.3) is 0 Å². The van der Waals surface area contributed by atoms with Crippen molar-refractivity contribution in [2.75, 3.05) is 6.61 Å². The fraction of sp³-hybridized carbons (Fsp3) is 0.581. The van der Waals surface area contributed by atoms with Gasteiger partial charge in [-0.3, -0.25) is 0 Å². The number of cyclic esters (lactones) is 1. The Bertz CT molecular complexity index is 1170. The summed E-state index contributed by atoms with van der Waals surface area (Å²) < 4.78 is 42.8. The van der Waals surface area contributed by atoms with Gasteiger partial charge < -0.3 is 48.5 Å². The van der Waals surface area contributed by atoms with Crippen LogP contribution in [0.15, 0.2) is 60.7 Å². The van der Waals surface area contributed by atoms with Gasteiger partial charge in [0, 0.05) is 0 Å². The molecule has 0 spiro atoms. The van der Waals surface area contributed by atoms with Gasteiger partial charge in [-0.2, -0.15) is 0 Å². The predicted molar refractivity (Wildman–Crippen MR) is 147 cm³/mol. The van der Waals surface area contributed by atoms with Crippen LogP contribution < -0.4 is 0 Å². The normalized spacial score (nSPS) is 32.4. The lowest BCUT2D eigenvalue weighted by atomic mass is 9.92. The number of hydrogen-bond donors (Lipinski definition) is 3. The molecule has 3 fully saturated rings. The third kappa shape index (κ3) is 7.02. The van der Waals surface area contributed by atoms with Crippen LogP contribution >= 0.6 is 0 Å². The molecule has 3 aliphatic heterocycles. The number of aliphatic hydroxyl groups is 3. The molecule has 0 radical (unpaired) electrons. The number of esters is 1. The highest BCUT2D eigenvalue weighted by Crippen LogP contribution is 2.40. The van der Waals surface area contributed by atoms with Gasteiger partial charge in [0.2, 0.25) is 0 Å². The first-order chi connectivity index (χ1) is 19.9. The van der Waals surface area contributed by atoms with Gasteiger partial charge >= 0.3 is 5.97 Å². The van der Waals surface area contributed by atoms with Crippen LogP contribution in [0.1, 0.15) is 38.8 Å². The van der Waals surface area contributed by atoms with E-state index in [1.807, 2.05) is 74.5 Å². The van der Waals surface area contributed by atoms with Crippen molar-refractivity contribution in [2.24, 2.45) is 0 Å². The zero-order chi connectivity index (χ0) is 30.1. The molecular weight excluding hydrogens is 548 g/mol. The van der Waals surface area contributed by atoms with Gasteiger partial charge in [-0.1, -0.05) is 60.7 Å². The highest BCUT2D eigenvalue weighted by Gasteiger charge is 2.57. The maximum absolute atomic E-state index is 12.1. The molecule has 0 aromatic heterocycles. The summed E-state index contributed by atoms with van der Waals surface area (Å²) >= 11 is 0. The molecule has 0 saturated carbocycles. The molecule has 0 bridgehead atoms. The molecule has 5 rings (SSSR count). The van der Waals surface area contributed by atoms with Crippen LogP contribution in [0, 0.1) is 0 Å². The number of hydrogen-bond acceptors (Lipinski definition) is 11. The lowest BCUT2D eigenvalue weighted by Gasteiger charge is -2.38. The second-order valence-corrected chi connectivity index (χ2v) is 11.8. The van der Waals surface area contributed by atoms with E-state index < -0.39 is 72.5 Å². The van der Waals surface area contributed by atoms with Crippen LogP contribution in [0.2, 0.25) is 0 Å². The van der Waals surface area contributed by atoms with E-state index in [4.69, 9.17) is 33.2 Å². The zero-order valence-corrected chi connectivity index (χ0v) is 24.2.